The Hall–Kier alpha value is -1.75. The van der Waals surface area contributed by atoms with Crippen LogP contribution in [0, 0.1) is 5.92 Å². The van der Waals surface area contributed by atoms with Crippen LogP contribution in [-0.4, -0.2) is 55.8 Å². The van der Waals surface area contributed by atoms with Crippen LogP contribution < -0.4 is 10.2 Å². The normalized spacial score (nSPS) is 16.6. The summed E-state index contributed by atoms with van der Waals surface area (Å²) < 4.78 is 0. The first-order chi connectivity index (χ1) is 12.1. The molecule has 0 aromatic heterocycles. The van der Waals surface area contributed by atoms with Gasteiger partial charge in [0, 0.05) is 52.1 Å². The lowest BCUT2D eigenvalue weighted by Crippen LogP contribution is -2.38. The number of anilines is 1. The van der Waals surface area contributed by atoms with Gasteiger partial charge >= 0.3 is 0 Å². The van der Waals surface area contributed by atoms with Crippen LogP contribution in [0.5, 0.6) is 0 Å². The van der Waals surface area contributed by atoms with Crippen molar-refractivity contribution in [3.8, 4) is 0 Å². The maximum Gasteiger partial charge on any atom is 0.193 e. The third-order valence-electron chi connectivity index (χ3n) is 4.64. The van der Waals surface area contributed by atoms with Crippen molar-refractivity contribution in [1.29, 1.82) is 0 Å². The van der Waals surface area contributed by atoms with E-state index in [-0.39, 0.29) is 12.5 Å². The van der Waals surface area contributed by atoms with Gasteiger partial charge in [0.15, 0.2) is 5.96 Å². The van der Waals surface area contributed by atoms with Crippen molar-refractivity contribution in [3.63, 3.8) is 0 Å². The highest BCUT2D eigenvalue weighted by molar-refractivity contribution is 5.79. The molecule has 1 heterocycles. The number of nitrogens with one attached hydrogen (secondary N) is 1. The quantitative estimate of drug-likeness (QED) is 0.589. The number of nitrogens with zero attached hydrogens (tertiary/aromatic N) is 3. The highest BCUT2D eigenvalue weighted by atomic mass is 16.3. The van der Waals surface area contributed by atoms with E-state index in [1.807, 2.05) is 6.92 Å². The van der Waals surface area contributed by atoms with Crippen LogP contribution >= 0.6 is 0 Å². The number of benzene rings is 1. The Kier molecular flexibility index (Phi) is 8.06. The molecule has 1 fully saturated rings. The van der Waals surface area contributed by atoms with Crippen LogP contribution in [0.3, 0.4) is 0 Å². The molecule has 0 radical (unpaired) electrons. The van der Waals surface area contributed by atoms with Crippen molar-refractivity contribution in [2.45, 2.75) is 39.7 Å². The van der Waals surface area contributed by atoms with Gasteiger partial charge in [-0.05, 0) is 49.8 Å². The Morgan fingerprint density at radius 2 is 1.92 bits per heavy atom. The topological polar surface area (TPSA) is 51.1 Å². The van der Waals surface area contributed by atoms with E-state index in [2.05, 4.69) is 58.3 Å². The van der Waals surface area contributed by atoms with E-state index in [1.54, 1.807) is 0 Å². The van der Waals surface area contributed by atoms with Crippen molar-refractivity contribution in [1.82, 2.24) is 10.2 Å². The van der Waals surface area contributed by atoms with E-state index < -0.39 is 0 Å². The summed E-state index contributed by atoms with van der Waals surface area (Å²) in [6.07, 6.45) is 3.97. The predicted molar refractivity (Wildman–Crippen MR) is 106 cm³/mol. The summed E-state index contributed by atoms with van der Waals surface area (Å²) in [6.45, 7) is 8.91. The van der Waals surface area contributed by atoms with Crippen LogP contribution in [0.25, 0.3) is 0 Å². The molecule has 25 heavy (non-hydrogen) atoms. The number of guanidine groups is 1. The zero-order valence-electron chi connectivity index (χ0n) is 16.0. The summed E-state index contributed by atoms with van der Waals surface area (Å²) >= 11 is 0. The highest BCUT2D eigenvalue weighted by Gasteiger charge is 2.11. The average molecular weight is 347 g/mol. The van der Waals surface area contributed by atoms with Crippen LogP contribution in [0.1, 0.15) is 38.7 Å². The SMILES string of the molecule is CCNC(=NCC(C)CO)N(C)Cc1ccc(N2CCCCC2)cc1. The molecule has 1 aliphatic heterocycles. The van der Waals surface area contributed by atoms with Gasteiger partial charge in [-0.1, -0.05) is 19.1 Å². The fourth-order valence-electron chi connectivity index (χ4n) is 3.08. The van der Waals surface area contributed by atoms with E-state index in [1.165, 1.54) is 43.6 Å². The van der Waals surface area contributed by atoms with Gasteiger partial charge in [-0.2, -0.15) is 0 Å². The van der Waals surface area contributed by atoms with E-state index in [4.69, 9.17) is 0 Å². The Balaban J connectivity index is 1.96. The van der Waals surface area contributed by atoms with Crippen molar-refractivity contribution < 1.29 is 5.11 Å². The summed E-state index contributed by atoms with van der Waals surface area (Å²) in [5.74, 6) is 1.08. The molecule has 0 aliphatic carbocycles. The molecule has 1 atom stereocenters. The summed E-state index contributed by atoms with van der Waals surface area (Å²) in [5.41, 5.74) is 2.62. The van der Waals surface area contributed by atoms with Gasteiger partial charge in [0.05, 0.1) is 0 Å². The lowest BCUT2D eigenvalue weighted by Gasteiger charge is -2.29. The van der Waals surface area contributed by atoms with Gasteiger partial charge in [0.25, 0.3) is 0 Å². The lowest BCUT2D eigenvalue weighted by molar-refractivity contribution is 0.241. The second kappa shape index (κ2) is 10.3. The Morgan fingerprint density at radius 3 is 2.52 bits per heavy atom. The fraction of sp³-hybridized carbons (Fsp3) is 0.650. The first-order valence-corrected chi connectivity index (χ1v) is 9.58. The molecular weight excluding hydrogens is 312 g/mol. The summed E-state index contributed by atoms with van der Waals surface area (Å²) in [7, 11) is 2.06. The van der Waals surface area contributed by atoms with E-state index in [0.717, 1.165) is 19.0 Å². The Bertz CT molecular complexity index is 523. The molecule has 1 aromatic carbocycles. The molecular formula is C20H34N4O. The standard InChI is InChI=1S/C20H34N4O/c1-4-21-20(22-14-17(2)16-25)23(3)15-18-8-10-19(11-9-18)24-12-6-5-7-13-24/h8-11,17,25H,4-7,12-16H2,1-3H3,(H,21,22). The predicted octanol–water partition coefficient (Wildman–Crippen LogP) is 2.70. The third kappa shape index (κ3) is 6.24. The third-order valence-corrected chi connectivity index (χ3v) is 4.64. The number of hydrogen-bond donors (Lipinski definition) is 2. The largest absolute Gasteiger partial charge is 0.396 e. The average Bonchev–Trinajstić information content (AvgIpc) is 2.66. The van der Waals surface area contributed by atoms with E-state index in [9.17, 15) is 5.11 Å². The molecule has 2 rings (SSSR count). The molecule has 0 saturated carbocycles. The molecule has 2 N–H and O–H groups in total. The fourth-order valence-corrected chi connectivity index (χ4v) is 3.08. The number of rotatable bonds is 7. The number of aliphatic hydroxyl groups excluding tert-OH is 1. The molecule has 1 unspecified atom stereocenters. The van der Waals surface area contributed by atoms with Crippen LogP contribution in [-0.2, 0) is 6.54 Å². The molecule has 5 heteroatoms. The van der Waals surface area contributed by atoms with Crippen LogP contribution in [0.15, 0.2) is 29.3 Å². The minimum atomic E-state index is 0.171. The number of piperidine rings is 1. The minimum Gasteiger partial charge on any atom is -0.396 e. The number of aliphatic imine (C=N–C) groups is 1. The van der Waals surface area contributed by atoms with E-state index in [0.29, 0.717) is 6.54 Å². The van der Waals surface area contributed by atoms with E-state index >= 15 is 0 Å². The zero-order valence-corrected chi connectivity index (χ0v) is 16.0. The summed E-state index contributed by atoms with van der Waals surface area (Å²) in [6, 6.07) is 8.93. The second-order valence-corrected chi connectivity index (χ2v) is 7.05. The highest BCUT2D eigenvalue weighted by Crippen LogP contribution is 2.20. The molecule has 5 nitrogen and oxygen atoms in total. The van der Waals surface area contributed by atoms with Crippen molar-refractivity contribution in [2.24, 2.45) is 10.9 Å². The van der Waals surface area contributed by atoms with Gasteiger partial charge < -0.3 is 20.2 Å². The van der Waals surface area contributed by atoms with Gasteiger partial charge in [0.1, 0.15) is 0 Å². The van der Waals surface area contributed by atoms with Crippen molar-refractivity contribution in [3.05, 3.63) is 29.8 Å². The lowest BCUT2D eigenvalue weighted by atomic mass is 10.1. The minimum absolute atomic E-state index is 0.171. The molecule has 140 valence electrons. The molecule has 0 bridgehead atoms. The first-order valence-electron chi connectivity index (χ1n) is 9.58. The first kappa shape index (κ1) is 19.6. The maximum atomic E-state index is 9.18. The van der Waals surface area contributed by atoms with Crippen LogP contribution in [0.2, 0.25) is 0 Å². The zero-order chi connectivity index (χ0) is 18.1. The molecule has 1 aromatic rings. The van der Waals surface area contributed by atoms with Crippen molar-refractivity contribution in [2.75, 3.05) is 44.7 Å². The van der Waals surface area contributed by atoms with Gasteiger partial charge in [-0.25, -0.2) is 0 Å². The van der Waals surface area contributed by atoms with Crippen molar-refractivity contribution >= 4 is 11.6 Å². The number of hydrogen-bond acceptors (Lipinski definition) is 3. The van der Waals surface area contributed by atoms with Gasteiger partial charge in [-0.15, -0.1) is 0 Å². The Morgan fingerprint density at radius 1 is 1.24 bits per heavy atom. The Labute approximate surface area is 152 Å². The van der Waals surface area contributed by atoms with Gasteiger partial charge in [0.2, 0.25) is 0 Å². The molecule has 0 amide bonds. The summed E-state index contributed by atoms with van der Waals surface area (Å²) in [4.78, 5) is 9.26. The van der Waals surface area contributed by atoms with Gasteiger partial charge in [-0.3, -0.25) is 4.99 Å². The second-order valence-electron chi connectivity index (χ2n) is 7.05. The summed E-state index contributed by atoms with van der Waals surface area (Å²) in [5, 5.41) is 12.5. The molecule has 1 aliphatic rings. The molecule has 1 saturated heterocycles. The smallest absolute Gasteiger partial charge is 0.193 e. The van der Waals surface area contributed by atoms with Crippen LogP contribution in [0.4, 0.5) is 5.69 Å². The maximum absolute atomic E-state index is 9.18. The monoisotopic (exact) mass is 346 g/mol. The molecule has 0 spiro atoms. The number of aliphatic hydroxyl groups is 1.